The lowest BCUT2D eigenvalue weighted by Crippen LogP contribution is -2.30. The molecule has 21 heavy (non-hydrogen) atoms. The number of ether oxygens (including phenoxy) is 1. The Kier molecular flexibility index (Phi) is 6.68. The topological polar surface area (TPSA) is 95.9 Å². The standard InChI is InChI=1S/C15H21NO5/c1-10(2)9-21-12-5-3-11(4-6-12)14(18)16-8-7-13(17)15(19)20/h3-6,10,13,17H,7-9H2,1-2H3,(H,16,18)(H,19,20)/t13-/m0/s1. The van der Waals surface area contributed by atoms with Crippen LogP contribution in [0, 0.1) is 5.92 Å². The molecule has 0 fully saturated rings. The minimum Gasteiger partial charge on any atom is -0.493 e. The molecule has 6 heteroatoms. The summed E-state index contributed by atoms with van der Waals surface area (Å²) in [5, 5.41) is 20.1. The van der Waals surface area contributed by atoms with E-state index < -0.39 is 12.1 Å². The van der Waals surface area contributed by atoms with E-state index in [-0.39, 0.29) is 18.9 Å². The Morgan fingerprint density at radius 3 is 2.38 bits per heavy atom. The van der Waals surface area contributed by atoms with Gasteiger partial charge in [-0.05, 0) is 30.2 Å². The number of nitrogens with one attached hydrogen (secondary N) is 1. The van der Waals surface area contributed by atoms with Crippen LogP contribution in [0.1, 0.15) is 30.6 Å². The van der Waals surface area contributed by atoms with E-state index >= 15 is 0 Å². The van der Waals surface area contributed by atoms with Crippen molar-refractivity contribution < 1.29 is 24.5 Å². The van der Waals surface area contributed by atoms with Gasteiger partial charge in [-0.25, -0.2) is 4.79 Å². The molecule has 0 saturated heterocycles. The van der Waals surface area contributed by atoms with E-state index in [2.05, 4.69) is 5.32 Å². The van der Waals surface area contributed by atoms with E-state index in [1.807, 2.05) is 13.8 Å². The first-order valence-electron chi connectivity index (χ1n) is 6.82. The molecule has 1 amide bonds. The highest BCUT2D eigenvalue weighted by atomic mass is 16.5. The number of aliphatic carboxylic acids is 1. The minimum atomic E-state index is -1.46. The van der Waals surface area contributed by atoms with E-state index in [1.54, 1.807) is 24.3 Å². The molecule has 0 bridgehead atoms. The first-order valence-corrected chi connectivity index (χ1v) is 6.82. The maximum absolute atomic E-state index is 11.8. The molecule has 0 aliphatic heterocycles. The maximum Gasteiger partial charge on any atom is 0.332 e. The first-order chi connectivity index (χ1) is 9.90. The third kappa shape index (κ3) is 6.27. The summed E-state index contributed by atoms with van der Waals surface area (Å²) >= 11 is 0. The van der Waals surface area contributed by atoms with Crippen LogP contribution in [0.25, 0.3) is 0 Å². The molecule has 0 heterocycles. The summed E-state index contributed by atoms with van der Waals surface area (Å²) in [4.78, 5) is 22.2. The van der Waals surface area contributed by atoms with Crippen LogP contribution in [0.15, 0.2) is 24.3 Å². The Morgan fingerprint density at radius 2 is 1.86 bits per heavy atom. The second-order valence-electron chi connectivity index (χ2n) is 5.13. The van der Waals surface area contributed by atoms with Crippen molar-refractivity contribution in [3.8, 4) is 5.75 Å². The Balaban J connectivity index is 2.42. The fourth-order valence-corrected chi connectivity index (χ4v) is 1.51. The molecule has 0 radical (unpaired) electrons. The normalized spacial score (nSPS) is 12.0. The van der Waals surface area contributed by atoms with Gasteiger partial charge in [0.25, 0.3) is 5.91 Å². The summed E-state index contributed by atoms with van der Waals surface area (Å²) in [6.45, 7) is 4.80. The molecule has 1 aromatic rings. The van der Waals surface area contributed by atoms with Crippen molar-refractivity contribution in [3.63, 3.8) is 0 Å². The van der Waals surface area contributed by atoms with Crippen LogP contribution in [0.3, 0.4) is 0 Å². The van der Waals surface area contributed by atoms with Crippen molar-refractivity contribution >= 4 is 11.9 Å². The highest BCUT2D eigenvalue weighted by molar-refractivity contribution is 5.94. The van der Waals surface area contributed by atoms with Crippen molar-refractivity contribution in [1.29, 1.82) is 0 Å². The number of carboxylic acid groups (broad SMARTS) is 1. The molecular formula is C15H21NO5. The zero-order valence-electron chi connectivity index (χ0n) is 12.2. The Bertz CT molecular complexity index is 469. The molecular weight excluding hydrogens is 274 g/mol. The third-order valence-corrected chi connectivity index (χ3v) is 2.69. The smallest absolute Gasteiger partial charge is 0.332 e. The zero-order valence-corrected chi connectivity index (χ0v) is 12.2. The lowest BCUT2D eigenvalue weighted by molar-refractivity contribution is -0.146. The molecule has 1 atom stereocenters. The van der Waals surface area contributed by atoms with Crippen LogP contribution in [0.4, 0.5) is 0 Å². The Labute approximate surface area is 123 Å². The van der Waals surface area contributed by atoms with Gasteiger partial charge < -0.3 is 20.3 Å². The fourth-order valence-electron chi connectivity index (χ4n) is 1.51. The number of carbonyl (C=O) groups is 2. The van der Waals surface area contributed by atoms with Crippen molar-refractivity contribution in [1.82, 2.24) is 5.32 Å². The molecule has 3 N–H and O–H groups in total. The summed E-state index contributed by atoms with van der Waals surface area (Å²) in [5.41, 5.74) is 0.455. The summed E-state index contributed by atoms with van der Waals surface area (Å²) in [7, 11) is 0. The molecule has 116 valence electrons. The van der Waals surface area contributed by atoms with Crippen LogP contribution >= 0.6 is 0 Å². The number of carbonyl (C=O) groups excluding carboxylic acids is 1. The molecule has 1 aromatic carbocycles. The quantitative estimate of drug-likeness (QED) is 0.671. The van der Waals surface area contributed by atoms with Crippen molar-refractivity contribution in [2.75, 3.05) is 13.2 Å². The van der Waals surface area contributed by atoms with Gasteiger partial charge >= 0.3 is 5.97 Å². The van der Waals surface area contributed by atoms with E-state index in [0.717, 1.165) is 0 Å². The second-order valence-corrected chi connectivity index (χ2v) is 5.13. The van der Waals surface area contributed by atoms with Gasteiger partial charge in [-0.1, -0.05) is 13.8 Å². The molecule has 0 unspecified atom stereocenters. The van der Waals surface area contributed by atoms with Crippen molar-refractivity contribution in [2.24, 2.45) is 5.92 Å². The van der Waals surface area contributed by atoms with Crippen LogP contribution in [-0.2, 0) is 4.79 Å². The minimum absolute atomic E-state index is 0.0311. The maximum atomic E-state index is 11.8. The van der Waals surface area contributed by atoms with Gasteiger partial charge in [0.15, 0.2) is 6.10 Å². The molecule has 1 rings (SSSR count). The van der Waals surface area contributed by atoms with Gasteiger partial charge in [0.05, 0.1) is 6.61 Å². The van der Waals surface area contributed by atoms with E-state index in [4.69, 9.17) is 14.9 Å². The Morgan fingerprint density at radius 1 is 1.24 bits per heavy atom. The molecule has 0 aromatic heterocycles. The van der Waals surface area contributed by atoms with Gasteiger partial charge in [-0.3, -0.25) is 4.79 Å². The summed E-state index contributed by atoms with van der Waals surface area (Å²) < 4.78 is 5.51. The summed E-state index contributed by atoms with van der Waals surface area (Å²) in [5.74, 6) is -0.492. The predicted molar refractivity (Wildman–Crippen MR) is 77.4 cm³/mol. The first kappa shape index (κ1) is 17.0. The number of carboxylic acids is 1. The van der Waals surface area contributed by atoms with Crippen LogP contribution < -0.4 is 10.1 Å². The average molecular weight is 295 g/mol. The average Bonchev–Trinajstić information content (AvgIpc) is 2.45. The van der Waals surface area contributed by atoms with Gasteiger partial charge in [0.1, 0.15) is 5.75 Å². The molecule has 0 saturated carbocycles. The van der Waals surface area contributed by atoms with Crippen molar-refractivity contribution in [2.45, 2.75) is 26.4 Å². The van der Waals surface area contributed by atoms with E-state index in [1.165, 1.54) is 0 Å². The monoisotopic (exact) mass is 295 g/mol. The predicted octanol–water partition coefficient (Wildman–Crippen LogP) is 1.29. The van der Waals surface area contributed by atoms with Gasteiger partial charge in [0.2, 0.25) is 0 Å². The largest absolute Gasteiger partial charge is 0.493 e. The second kappa shape index (κ2) is 8.26. The SMILES string of the molecule is CC(C)COc1ccc(C(=O)NCC[C@H](O)C(=O)O)cc1. The fraction of sp³-hybridized carbons (Fsp3) is 0.467. The number of hydrogen-bond donors (Lipinski definition) is 3. The number of benzene rings is 1. The van der Waals surface area contributed by atoms with Crippen LogP contribution in [-0.4, -0.2) is 41.3 Å². The number of amides is 1. The Hall–Kier alpha value is -2.08. The van der Waals surface area contributed by atoms with E-state index in [9.17, 15) is 9.59 Å². The molecule has 0 aliphatic rings. The summed E-state index contributed by atoms with van der Waals surface area (Å²) in [6, 6.07) is 6.70. The van der Waals surface area contributed by atoms with Crippen molar-refractivity contribution in [3.05, 3.63) is 29.8 Å². The van der Waals surface area contributed by atoms with Gasteiger partial charge in [-0.2, -0.15) is 0 Å². The number of aliphatic hydroxyl groups is 1. The lowest BCUT2D eigenvalue weighted by atomic mass is 10.2. The van der Waals surface area contributed by atoms with Crippen LogP contribution in [0.5, 0.6) is 5.75 Å². The van der Waals surface area contributed by atoms with Gasteiger partial charge in [-0.15, -0.1) is 0 Å². The van der Waals surface area contributed by atoms with Crippen LogP contribution in [0.2, 0.25) is 0 Å². The molecule has 0 spiro atoms. The summed E-state index contributed by atoms with van der Waals surface area (Å²) in [6.07, 6.45) is -1.49. The van der Waals surface area contributed by atoms with Gasteiger partial charge in [0, 0.05) is 18.5 Å². The molecule has 6 nitrogen and oxygen atoms in total. The number of rotatable bonds is 8. The molecule has 0 aliphatic carbocycles. The zero-order chi connectivity index (χ0) is 15.8. The number of aliphatic hydroxyl groups excluding tert-OH is 1. The van der Waals surface area contributed by atoms with E-state index in [0.29, 0.717) is 23.8 Å². The third-order valence-electron chi connectivity index (χ3n) is 2.69. The highest BCUT2D eigenvalue weighted by Crippen LogP contribution is 2.13. The highest BCUT2D eigenvalue weighted by Gasteiger charge is 2.13. The number of hydrogen-bond acceptors (Lipinski definition) is 4. The lowest BCUT2D eigenvalue weighted by Gasteiger charge is -2.10.